The van der Waals surface area contributed by atoms with Crippen LogP contribution in [0.5, 0.6) is 0 Å². The van der Waals surface area contributed by atoms with Gasteiger partial charge in [0.15, 0.2) is 4.38 Å². The molecule has 62 valence electrons. The summed E-state index contributed by atoms with van der Waals surface area (Å²) in [6, 6.07) is 0. The van der Waals surface area contributed by atoms with Gasteiger partial charge in [-0.3, -0.25) is 0 Å². The molecule has 1 heterocycles. The second kappa shape index (κ2) is 2.98. The van der Waals surface area contributed by atoms with Crippen molar-refractivity contribution in [2.75, 3.05) is 5.75 Å². The van der Waals surface area contributed by atoms with Crippen molar-refractivity contribution in [1.82, 2.24) is 0 Å². The number of thioether (sulfide) groups is 1. The Hall–Kier alpha value is -0.290. The lowest BCUT2D eigenvalue weighted by Crippen LogP contribution is -2.03. The highest BCUT2D eigenvalue weighted by molar-refractivity contribution is 8.36. The molecule has 3 nitrogen and oxygen atoms in total. The van der Waals surface area contributed by atoms with Gasteiger partial charge in [0, 0.05) is 0 Å². The van der Waals surface area contributed by atoms with Crippen molar-refractivity contribution in [1.29, 1.82) is 0 Å². The Bertz CT molecular complexity index is 313. The van der Waals surface area contributed by atoms with Gasteiger partial charge in [-0.2, -0.15) is 0 Å². The monoisotopic (exact) mass is 191 g/mol. The molecule has 0 aromatic rings. The number of aliphatic imine (C=N–C) groups is 1. The van der Waals surface area contributed by atoms with Crippen LogP contribution in [0.25, 0.3) is 0 Å². The third kappa shape index (κ3) is 1.84. The van der Waals surface area contributed by atoms with Crippen LogP contribution >= 0.6 is 11.8 Å². The van der Waals surface area contributed by atoms with Crippen LogP contribution in [-0.4, -0.2) is 18.5 Å². The van der Waals surface area contributed by atoms with Crippen molar-refractivity contribution in [3.63, 3.8) is 0 Å². The number of nitrogens with zero attached hydrogens (tertiary/aromatic N) is 1. The quantitative estimate of drug-likeness (QED) is 0.629. The summed E-state index contributed by atoms with van der Waals surface area (Å²) >= 11 is 1.26. The van der Waals surface area contributed by atoms with Crippen LogP contribution in [0.2, 0.25) is 0 Å². The molecule has 1 rings (SSSR count). The number of hydrogen-bond donors (Lipinski definition) is 0. The summed E-state index contributed by atoms with van der Waals surface area (Å²) in [4.78, 5) is 3.88. The Morgan fingerprint density at radius 2 is 2.27 bits per heavy atom. The van der Waals surface area contributed by atoms with E-state index < -0.39 is 9.84 Å². The Morgan fingerprint density at radius 1 is 1.64 bits per heavy atom. The molecule has 1 aliphatic heterocycles. The second-order valence-electron chi connectivity index (χ2n) is 2.11. The molecule has 11 heavy (non-hydrogen) atoms. The van der Waals surface area contributed by atoms with Crippen LogP contribution in [-0.2, 0) is 9.84 Å². The fourth-order valence-electron chi connectivity index (χ4n) is 0.747. The smallest absolute Gasteiger partial charge is 0.225 e. The molecular weight excluding hydrogens is 182 g/mol. The van der Waals surface area contributed by atoms with Crippen molar-refractivity contribution >= 4 is 26.0 Å². The van der Waals surface area contributed by atoms with Gasteiger partial charge >= 0.3 is 0 Å². The van der Waals surface area contributed by atoms with Crippen molar-refractivity contribution in [3.05, 3.63) is 11.1 Å². The number of allylic oxidation sites excluding steroid dienone is 1. The molecular formula is C6H9NO2S2. The van der Waals surface area contributed by atoms with E-state index in [0.29, 0.717) is 5.70 Å². The topological polar surface area (TPSA) is 46.5 Å². The van der Waals surface area contributed by atoms with E-state index in [1.165, 1.54) is 17.2 Å². The molecule has 0 unspecified atom stereocenters. The molecule has 0 atom stereocenters. The van der Waals surface area contributed by atoms with Gasteiger partial charge in [0.05, 0.1) is 11.1 Å². The Kier molecular flexibility index (Phi) is 2.39. The minimum Gasteiger partial charge on any atom is -0.234 e. The normalized spacial score (nSPS) is 21.3. The predicted molar refractivity (Wildman–Crippen MR) is 48.2 cm³/mol. The highest BCUT2D eigenvalue weighted by Crippen LogP contribution is 2.21. The van der Waals surface area contributed by atoms with Gasteiger partial charge in [-0.05, 0) is 12.7 Å². The van der Waals surface area contributed by atoms with E-state index in [1.54, 1.807) is 6.92 Å². The molecule has 0 fully saturated rings. The zero-order valence-corrected chi connectivity index (χ0v) is 8.00. The number of hydrogen-bond acceptors (Lipinski definition) is 4. The van der Waals surface area contributed by atoms with E-state index in [0.717, 1.165) is 5.75 Å². The average molecular weight is 191 g/mol. The summed E-state index contributed by atoms with van der Waals surface area (Å²) in [6.07, 6.45) is 0. The molecule has 0 radical (unpaired) electrons. The minimum absolute atomic E-state index is 0.234. The molecule has 0 N–H and O–H groups in total. The Morgan fingerprint density at radius 3 is 2.64 bits per heavy atom. The van der Waals surface area contributed by atoms with Gasteiger partial charge in [-0.1, -0.05) is 18.7 Å². The maximum atomic E-state index is 11.1. The second-order valence-corrected chi connectivity index (χ2v) is 5.34. The number of sulfone groups is 1. The zero-order chi connectivity index (χ0) is 8.48. The lowest BCUT2D eigenvalue weighted by Gasteiger charge is -1.93. The van der Waals surface area contributed by atoms with Crippen molar-refractivity contribution < 1.29 is 8.42 Å². The van der Waals surface area contributed by atoms with Crippen LogP contribution < -0.4 is 0 Å². The summed E-state index contributed by atoms with van der Waals surface area (Å²) in [6.45, 7) is 3.58. The summed E-state index contributed by atoms with van der Waals surface area (Å²) in [5.41, 5.74) is 0.570. The molecule has 0 aromatic carbocycles. The fraction of sp³-hybridized carbons (Fsp3) is 0.500. The third-order valence-electron chi connectivity index (χ3n) is 1.10. The first kappa shape index (κ1) is 8.80. The predicted octanol–water partition coefficient (Wildman–Crippen LogP) is 1.39. The molecule has 0 amide bonds. The van der Waals surface area contributed by atoms with Crippen LogP contribution in [0.4, 0.5) is 0 Å². The van der Waals surface area contributed by atoms with E-state index in [1.807, 2.05) is 6.92 Å². The fourth-order valence-corrected chi connectivity index (χ4v) is 3.23. The summed E-state index contributed by atoms with van der Waals surface area (Å²) in [5.74, 6) is 0.735. The first-order valence-corrected chi connectivity index (χ1v) is 5.74. The maximum absolute atomic E-state index is 11.1. The third-order valence-corrected chi connectivity index (χ3v) is 4.01. The van der Waals surface area contributed by atoms with Gasteiger partial charge in [0.25, 0.3) is 0 Å². The van der Waals surface area contributed by atoms with Crippen LogP contribution in [0.3, 0.4) is 0 Å². The molecule has 0 bridgehead atoms. The van der Waals surface area contributed by atoms with Gasteiger partial charge in [-0.15, -0.1) is 0 Å². The molecule has 1 aliphatic rings. The Balaban J connectivity index is 2.95. The highest BCUT2D eigenvalue weighted by Gasteiger charge is 2.22. The average Bonchev–Trinajstić information content (AvgIpc) is 2.07. The van der Waals surface area contributed by atoms with E-state index >= 15 is 0 Å². The van der Waals surface area contributed by atoms with Crippen LogP contribution in [0.15, 0.2) is 16.1 Å². The van der Waals surface area contributed by atoms with Crippen molar-refractivity contribution in [2.45, 2.75) is 13.8 Å². The van der Waals surface area contributed by atoms with E-state index in [4.69, 9.17) is 0 Å². The van der Waals surface area contributed by atoms with Gasteiger partial charge in [0.2, 0.25) is 9.84 Å². The molecule has 0 saturated heterocycles. The first-order valence-electron chi connectivity index (χ1n) is 3.21. The minimum atomic E-state index is -3.15. The maximum Gasteiger partial charge on any atom is 0.225 e. The van der Waals surface area contributed by atoms with E-state index in [-0.39, 0.29) is 4.38 Å². The first-order chi connectivity index (χ1) is 5.06. The number of rotatable bonds is 1. The highest BCUT2D eigenvalue weighted by atomic mass is 32.3. The summed E-state index contributed by atoms with van der Waals surface area (Å²) < 4.78 is 22.5. The molecule has 0 aliphatic carbocycles. The van der Waals surface area contributed by atoms with Crippen LogP contribution in [0, 0.1) is 0 Å². The van der Waals surface area contributed by atoms with Crippen LogP contribution in [0.1, 0.15) is 13.8 Å². The standard InChI is InChI=1S/C6H9NO2S2/c1-3-10-6-7-5(2)4-11(6,8)9/h4H,3H2,1-2H3. The summed E-state index contributed by atoms with van der Waals surface area (Å²) in [5, 5.41) is 1.20. The molecule has 5 heteroatoms. The molecule has 0 aromatic heterocycles. The zero-order valence-electron chi connectivity index (χ0n) is 6.36. The molecule has 0 spiro atoms. The summed E-state index contributed by atoms with van der Waals surface area (Å²) in [7, 11) is -3.15. The lowest BCUT2D eigenvalue weighted by atomic mass is 10.6. The van der Waals surface area contributed by atoms with Gasteiger partial charge in [-0.25, -0.2) is 13.4 Å². The van der Waals surface area contributed by atoms with Crippen molar-refractivity contribution in [3.8, 4) is 0 Å². The van der Waals surface area contributed by atoms with E-state index in [9.17, 15) is 8.42 Å². The largest absolute Gasteiger partial charge is 0.234 e. The van der Waals surface area contributed by atoms with E-state index in [2.05, 4.69) is 4.99 Å². The SMILES string of the molecule is CCSC1=NC(C)=CS1(=O)=O. The lowest BCUT2D eigenvalue weighted by molar-refractivity contribution is 0.616. The van der Waals surface area contributed by atoms with Crippen molar-refractivity contribution in [2.24, 2.45) is 4.99 Å². The van der Waals surface area contributed by atoms with Gasteiger partial charge < -0.3 is 0 Å². The molecule has 0 saturated carbocycles. The van der Waals surface area contributed by atoms with Gasteiger partial charge in [0.1, 0.15) is 0 Å². The Labute approximate surface area is 70.5 Å².